The van der Waals surface area contributed by atoms with Crippen molar-refractivity contribution in [3.8, 4) is 5.75 Å². The maximum atomic E-state index is 12.3. The molecule has 0 radical (unpaired) electrons. The summed E-state index contributed by atoms with van der Waals surface area (Å²) < 4.78 is 8.28. The van der Waals surface area contributed by atoms with E-state index in [1.807, 2.05) is 41.0 Å². The number of aromatic nitrogens is 1. The molecule has 7 heteroatoms. The fourth-order valence-corrected chi connectivity index (χ4v) is 3.64. The molecule has 0 spiro atoms. The number of benzene rings is 2. The Balaban J connectivity index is 1.90. The maximum Gasteiger partial charge on any atom is 0.286 e. The first-order valence-corrected chi connectivity index (χ1v) is 9.16. The molecule has 3 rings (SSSR count). The number of para-hydroxylation sites is 1. The molecule has 0 aliphatic heterocycles. The standard InChI is InChI=1S/C20H19N3O3S/c1-3-11-23-17-10-9-15(21-14(2)24)12-18(17)27-20(23)22-19(25)13-26-16-7-5-4-6-8-16/h3-10,12H,1,11,13H2,2H3,(H,21,24). The molecular weight excluding hydrogens is 362 g/mol. The third-order valence-electron chi connectivity index (χ3n) is 3.64. The van der Waals surface area contributed by atoms with Gasteiger partial charge in [0, 0.05) is 19.2 Å². The lowest BCUT2D eigenvalue weighted by atomic mass is 10.3. The Hall–Kier alpha value is -3.19. The van der Waals surface area contributed by atoms with E-state index in [2.05, 4.69) is 16.9 Å². The first-order valence-electron chi connectivity index (χ1n) is 8.34. The van der Waals surface area contributed by atoms with Gasteiger partial charge in [-0.1, -0.05) is 35.6 Å². The van der Waals surface area contributed by atoms with Gasteiger partial charge >= 0.3 is 0 Å². The van der Waals surface area contributed by atoms with Gasteiger partial charge in [0.2, 0.25) is 5.91 Å². The van der Waals surface area contributed by atoms with Crippen molar-refractivity contribution in [1.82, 2.24) is 4.57 Å². The summed E-state index contributed by atoms with van der Waals surface area (Å²) in [4.78, 5) is 28.3. The van der Waals surface area contributed by atoms with E-state index in [1.165, 1.54) is 18.3 Å². The van der Waals surface area contributed by atoms with Gasteiger partial charge in [-0.05, 0) is 30.3 Å². The SMILES string of the molecule is C=CCn1c(=NC(=O)COc2ccccc2)sc2cc(NC(C)=O)ccc21. The number of fused-ring (bicyclic) bond motifs is 1. The smallest absolute Gasteiger partial charge is 0.286 e. The third kappa shape index (κ3) is 4.71. The number of allylic oxidation sites excluding steroid dienone is 1. The van der Waals surface area contributed by atoms with Crippen LogP contribution in [-0.2, 0) is 16.1 Å². The molecule has 2 aromatic carbocycles. The van der Waals surface area contributed by atoms with Crippen LogP contribution in [0.4, 0.5) is 5.69 Å². The van der Waals surface area contributed by atoms with Crippen LogP contribution >= 0.6 is 11.3 Å². The largest absolute Gasteiger partial charge is 0.484 e. The summed E-state index contributed by atoms with van der Waals surface area (Å²) in [5.41, 5.74) is 1.62. The zero-order valence-electron chi connectivity index (χ0n) is 14.8. The normalized spacial score (nSPS) is 11.4. The van der Waals surface area contributed by atoms with E-state index in [-0.39, 0.29) is 18.4 Å². The molecule has 0 bridgehead atoms. The summed E-state index contributed by atoms with van der Waals surface area (Å²) in [7, 11) is 0. The van der Waals surface area contributed by atoms with Gasteiger partial charge in [0.15, 0.2) is 11.4 Å². The van der Waals surface area contributed by atoms with Gasteiger partial charge < -0.3 is 14.6 Å². The number of carbonyl (C=O) groups excluding carboxylic acids is 2. The highest BCUT2D eigenvalue weighted by Gasteiger charge is 2.09. The van der Waals surface area contributed by atoms with Gasteiger partial charge in [-0.15, -0.1) is 6.58 Å². The molecule has 0 aliphatic carbocycles. The summed E-state index contributed by atoms with van der Waals surface area (Å²) >= 11 is 1.38. The van der Waals surface area contributed by atoms with Crippen molar-refractivity contribution >= 4 is 39.1 Å². The van der Waals surface area contributed by atoms with Crippen molar-refractivity contribution in [3.05, 3.63) is 66.0 Å². The highest BCUT2D eigenvalue weighted by Crippen LogP contribution is 2.22. The van der Waals surface area contributed by atoms with Gasteiger partial charge in [-0.25, -0.2) is 0 Å². The highest BCUT2D eigenvalue weighted by molar-refractivity contribution is 7.16. The number of hydrogen-bond acceptors (Lipinski definition) is 4. The monoisotopic (exact) mass is 381 g/mol. The van der Waals surface area contributed by atoms with Gasteiger partial charge in [0.25, 0.3) is 5.91 Å². The molecule has 2 amide bonds. The lowest BCUT2D eigenvalue weighted by Gasteiger charge is -2.04. The average molecular weight is 381 g/mol. The van der Waals surface area contributed by atoms with Crippen molar-refractivity contribution in [3.63, 3.8) is 0 Å². The van der Waals surface area contributed by atoms with Crippen LogP contribution in [0.5, 0.6) is 5.75 Å². The molecule has 0 unspecified atom stereocenters. The minimum atomic E-state index is -0.370. The number of amides is 2. The Morgan fingerprint density at radius 1 is 1.26 bits per heavy atom. The van der Waals surface area contributed by atoms with E-state index in [9.17, 15) is 9.59 Å². The Bertz CT molecular complexity index is 1050. The Morgan fingerprint density at radius 2 is 2.04 bits per heavy atom. The van der Waals surface area contributed by atoms with Crippen LogP contribution in [0, 0.1) is 0 Å². The van der Waals surface area contributed by atoms with Crippen LogP contribution < -0.4 is 14.9 Å². The summed E-state index contributed by atoms with van der Waals surface area (Å²) in [5.74, 6) is 0.115. The molecule has 138 valence electrons. The Labute approximate surface area is 160 Å². The van der Waals surface area contributed by atoms with Crippen molar-refractivity contribution in [2.45, 2.75) is 13.5 Å². The quantitative estimate of drug-likeness (QED) is 0.666. The van der Waals surface area contributed by atoms with Gasteiger partial charge in [0.05, 0.1) is 10.2 Å². The molecule has 1 aromatic heterocycles. The number of anilines is 1. The van der Waals surface area contributed by atoms with Crippen LogP contribution in [0.1, 0.15) is 6.92 Å². The summed E-state index contributed by atoms with van der Waals surface area (Å²) in [6.07, 6.45) is 1.75. The van der Waals surface area contributed by atoms with Crippen LogP contribution in [0.2, 0.25) is 0 Å². The second-order valence-electron chi connectivity index (χ2n) is 5.75. The molecule has 1 heterocycles. The van der Waals surface area contributed by atoms with Gasteiger partial charge in [0.1, 0.15) is 5.75 Å². The topological polar surface area (TPSA) is 72.7 Å². The minimum Gasteiger partial charge on any atom is -0.484 e. The molecule has 0 fully saturated rings. The third-order valence-corrected chi connectivity index (χ3v) is 4.68. The zero-order chi connectivity index (χ0) is 19.2. The molecule has 27 heavy (non-hydrogen) atoms. The van der Waals surface area contributed by atoms with Crippen LogP contribution in [0.25, 0.3) is 10.2 Å². The summed E-state index contributed by atoms with van der Waals surface area (Å²) in [6, 6.07) is 14.7. The fraction of sp³-hybridized carbons (Fsp3) is 0.150. The average Bonchev–Trinajstić information content (AvgIpc) is 2.97. The van der Waals surface area contributed by atoms with E-state index in [0.29, 0.717) is 22.8 Å². The molecule has 0 atom stereocenters. The first-order chi connectivity index (χ1) is 13.1. The fourth-order valence-electron chi connectivity index (χ4n) is 2.55. The van der Waals surface area contributed by atoms with E-state index in [1.54, 1.807) is 18.2 Å². The maximum absolute atomic E-state index is 12.3. The Kier molecular flexibility index (Phi) is 5.83. The van der Waals surface area contributed by atoms with Gasteiger partial charge in [-0.3, -0.25) is 9.59 Å². The van der Waals surface area contributed by atoms with Crippen molar-refractivity contribution in [1.29, 1.82) is 0 Å². The number of nitrogens with one attached hydrogen (secondary N) is 1. The zero-order valence-corrected chi connectivity index (χ0v) is 15.7. The van der Waals surface area contributed by atoms with E-state index in [0.717, 1.165) is 10.2 Å². The molecule has 0 saturated carbocycles. The second kappa shape index (κ2) is 8.46. The first kappa shape index (κ1) is 18.6. The van der Waals surface area contributed by atoms with Crippen LogP contribution in [-0.4, -0.2) is 23.0 Å². The molecule has 1 N–H and O–H groups in total. The number of thiazole rings is 1. The lowest BCUT2D eigenvalue weighted by Crippen LogP contribution is -2.19. The van der Waals surface area contributed by atoms with Crippen LogP contribution in [0.3, 0.4) is 0 Å². The number of nitrogens with zero attached hydrogens (tertiary/aromatic N) is 2. The van der Waals surface area contributed by atoms with Crippen LogP contribution in [0.15, 0.2) is 66.2 Å². The second-order valence-corrected chi connectivity index (χ2v) is 6.76. The van der Waals surface area contributed by atoms with E-state index >= 15 is 0 Å². The number of hydrogen-bond donors (Lipinski definition) is 1. The van der Waals surface area contributed by atoms with E-state index in [4.69, 9.17) is 4.74 Å². The molecule has 0 saturated heterocycles. The molecule has 3 aromatic rings. The molecular formula is C20H19N3O3S. The van der Waals surface area contributed by atoms with Crippen molar-refractivity contribution in [2.24, 2.45) is 4.99 Å². The number of ether oxygens (including phenoxy) is 1. The molecule has 6 nitrogen and oxygen atoms in total. The predicted molar refractivity (Wildman–Crippen MR) is 107 cm³/mol. The van der Waals surface area contributed by atoms with E-state index < -0.39 is 0 Å². The number of rotatable bonds is 6. The Morgan fingerprint density at radius 3 is 2.74 bits per heavy atom. The minimum absolute atomic E-state index is 0.135. The van der Waals surface area contributed by atoms with Gasteiger partial charge in [-0.2, -0.15) is 4.99 Å². The lowest BCUT2D eigenvalue weighted by molar-refractivity contribution is -0.120. The summed E-state index contributed by atoms with van der Waals surface area (Å²) in [5, 5.41) is 2.76. The summed E-state index contributed by atoms with van der Waals surface area (Å²) in [6.45, 7) is 5.62. The van der Waals surface area contributed by atoms with Crippen molar-refractivity contribution in [2.75, 3.05) is 11.9 Å². The highest BCUT2D eigenvalue weighted by atomic mass is 32.1. The van der Waals surface area contributed by atoms with Crippen molar-refractivity contribution < 1.29 is 14.3 Å². The predicted octanol–water partition coefficient (Wildman–Crippen LogP) is 3.35. The number of carbonyl (C=O) groups is 2. The molecule has 0 aliphatic rings.